The zero-order chi connectivity index (χ0) is 13.8. The summed E-state index contributed by atoms with van der Waals surface area (Å²) in [4.78, 5) is 15.7. The van der Waals surface area contributed by atoms with E-state index < -0.39 is 5.97 Å². The molecule has 1 fully saturated rings. The van der Waals surface area contributed by atoms with Gasteiger partial charge in [-0.1, -0.05) is 0 Å². The number of aromatic nitrogens is 1. The van der Waals surface area contributed by atoms with Crippen molar-refractivity contribution in [2.75, 3.05) is 24.8 Å². The van der Waals surface area contributed by atoms with E-state index in [1.54, 1.807) is 12.3 Å². The van der Waals surface area contributed by atoms with E-state index in [9.17, 15) is 4.79 Å². The van der Waals surface area contributed by atoms with Gasteiger partial charge in [-0.05, 0) is 25.8 Å². The van der Waals surface area contributed by atoms with E-state index >= 15 is 0 Å². The van der Waals surface area contributed by atoms with Crippen molar-refractivity contribution >= 4 is 17.5 Å². The maximum absolute atomic E-state index is 11.5. The molecule has 6 heteroatoms. The van der Waals surface area contributed by atoms with Gasteiger partial charge in [0.2, 0.25) is 0 Å². The smallest absolute Gasteiger partial charge is 0.340 e. The second-order valence-electron chi connectivity index (χ2n) is 4.50. The van der Waals surface area contributed by atoms with Crippen LogP contribution in [-0.2, 0) is 9.47 Å². The van der Waals surface area contributed by atoms with Crippen molar-refractivity contribution < 1.29 is 14.3 Å². The quantitative estimate of drug-likeness (QED) is 0.783. The molecule has 0 saturated heterocycles. The molecule has 2 rings (SSSR count). The molecule has 0 radical (unpaired) electrons. The van der Waals surface area contributed by atoms with Gasteiger partial charge in [-0.3, -0.25) is 0 Å². The molecule has 0 atom stereocenters. The highest BCUT2D eigenvalue weighted by Gasteiger charge is 2.30. The summed E-state index contributed by atoms with van der Waals surface area (Å²) < 4.78 is 10.2. The lowest BCUT2D eigenvalue weighted by molar-refractivity contribution is 0.00293. The Morgan fingerprint density at radius 3 is 2.95 bits per heavy atom. The van der Waals surface area contributed by atoms with Gasteiger partial charge < -0.3 is 20.5 Å². The van der Waals surface area contributed by atoms with Crippen LogP contribution in [0.2, 0.25) is 0 Å². The number of pyridine rings is 1. The summed E-state index contributed by atoms with van der Waals surface area (Å²) in [7, 11) is 1.33. The fourth-order valence-corrected chi connectivity index (χ4v) is 2.12. The van der Waals surface area contributed by atoms with E-state index in [0.717, 1.165) is 19.4 Å². The molecule has 0 unspecified atom stereocenters. The van der Waals surface area contributed by atoms with Gasteiger partial charge in [0.05, 0.1) is 24.5 Å². The molecule has 0 amide bonds. The van der Waals surface area contributed by atoms with Crippen molar-refractivity contribution in [3.05, 3.63) is 17.8 Å². The Kier molecular flexibility index (Phi) is 4.21. The number of esters is 1. The second kappa shape index (κ2) is 5.88. The fourth-order valence-electron chi connectivity index (χ4n) is 2.12. The molecular formula is C13H19N3O3. The highest BCUT2D eigenvalue weighted by atomic mass is 16.5. The highest BCUT2D eigenvalue weighted by Crippen LogP contribution is 2.29. The van der Waals surface area contributed by atoms with E-state index in [4.69, 9.17) is 10.5 Å². The largest absolute Gasteiger partial charge is 0.465 e. The van der Waals surface area contributed by atoms with Crippen LogP contribution in [0.5, 0.6) is 0 Å². The number of methoxy groups -OCH3 is 1. The first-order valence-electron chi connectivity index (χ1n) is 6.36. The van der Waals surface area contributed by atoms with Crippen LogP contribution in [0, 0.1) is 0 Å². The van der Waals surface area contributed by atoms with Crippen LogP contribution >= 0.6 is 0 Å². The summed E-state index contributed by atoms with van der Waals surface area (Å²) in [5, 5.41) is 3.23. The zero-order valence-electron chi connectivity index (χ0n) is 11.2. The SMILES string of the molecule is CCOC1CC(Nc2nccc(C(=O)OC)c2N)C1. The average Bonchev–Trinajstić information content (AvgIpc) is 2.37. The van der Waals surface area contributed by atoms with E-state index in [1.165, 1.54) is 7.11 Å². The Morgan fingerprint density at radius 1 is 1.58 bits per heavy atom. The normalized spacial score (nSPS) is 21.6. The third-order valence-electron chi connectivity index (χ3n) is 3.23. The molecule has 0 aliphatic heterocycles. The van der Waals surface area contributed by atoms with E-state index in [1.807, 2.05) is 6.92 Å². The van der Waals surface area contributed by atoms with Crippen molar-refractivity contribution in [3.63, 3.8) is 0 Å². The van der Waals surface area contributed by atoms with Crippen LogP contribution in [0.4, 0.5) is 11.5 Å². The molecule has 1 saturated carbocycles. The first-order valence-corrected chi connectivity index (χ1v) is 6.36. The van der Waals surface area contributed by atoms with Gasteiger partial charge in [-0.2, -0.15) is 0 Å². The number of carbonyl (C=O) groups is 1. The minimum Gasteiger partial charge on any atom is -0.465 e. The Hall–Kier alpha value is -1.82. The van der Waals surface area contributed by atoms with Gasteiger partial charge in [0.15, 0.2) is 0 Å². The Morgan fingerprint density at radius 2 is 2.32 bits per heavy atom. The van der Waals surface area contributed by atoms with Crippen LogP contribution < -0.4 is 11.1 Å². The number of anilines is 2. The molecule has 1 aliphatic carbocycles. The predicted molar refractivity (Wildman–Crippen MR) is 72.0 cm³/mol. The summed E-state index contributed by atoms with van der Waals surface area (Å²) >= 11 is 0. The fraction of sp³-hybridized carbons (Fsp3) is 0.538. The number of nitrogens with one attached hydrogen (secondary N) is 1. The molecule has 3 N–H and O–H groups in total. The second-order valence-corrected chi connectivity index (χ2v) is 4.50. The molecule has 0 spiro atoms. The van der Waals surface area contributed by atoms with Gasteiger partial charge in [0, 0.05) is 18.8 Å². The lowest BCUT2D eigenvalue weighted by atomic mass is 9.89. The third kappa shape index (κ3) is 2.96. The zero-order valence-corrected chi connectivity index (χ0v) is 11.2. The maximum Gasteiger partial charge on any atom is 0.340 e. The van der Waals surface area contributed by atoms with Crippen LogP contribution in [0.1, 0.15) is 30.1 Å². The first-order chi connectivity index (χ1) is 9.15. The van der Waals surface area contributed by atoms with Crippen molar-refractivity contribution in [1.29, 1.82) is 0 Å². The molecule has 1 aromatic rings. The summed E-state index contributed by atoms with van der Waals surface area (Å²) in [6, 6.07) is 1.84. The van der Waals surface area contributed by atoms with Gasteiger partial charge >= 0.3 is 5.97 Å². The summed E-state index contributed by atoms with van der Waals surface area (Å²) in [6.45, 7) is 2.72. The minimum absolute atomic E-state index is 0.291. The van der Waals surface area contributed by atoms with E-state index in [-0.39, 0.29) is 0 Å². The van der Waals surface area contributed by atoms with Crippen LogP contribution in [0.15, 0.2) is 12.3 Å². The predicted octanol–water partition coefficient (Wildman–Crippen LogP) is 1.43. The minimum atomic E-state index is -0.455. The Labute approximate surface area is 112 Å². The lowest BCUT2D eigenvalue weighted by Crippen LogP contribution is -2.41. The topological polar surface area (TPSA) is 86.5 Å². The summed E-state index contributed by atoms with van der Waals surface area (Å²) in [6.07, 6.45) is 3.71. The maximum atomic E-state index is 11.5. The highest BCUT2D eigenvalue weighted by molar-refractivity contribution is 5.97. The molecule has 6 nitrogen and oxygen atoms in total. The van der Waals surface area contributed by atoms with E-state index in [0.29, 0.717) is 29.2 Å². The molecule has 104 valence electrons. The van der Waals surface area contributed by atoms with Gasteiger partial charge in [-0.25, -0.2) is 9.78 Å². The molecule has 0 aromatic carbocycles. The van der Waals surface area contributed by atoms with Gasteiger partial charge in [0.25, 0.3) is 0 Å². The van der Waals surface area contributed by atoms with Crippen LogP contribution in [0.3, 0.4) is 0 Å². The first kappa shape index (κ1) is 13.6. The number of nitrogen functional groups attached to an aromatic ring is 1. The average molecular weight is 265 g/mol. The van der Waals surface area contributed by atoms with Crippen LogP contribution in [-0.4, -0.2) is 36.8 Å². The van der Waals surface area contributed by atoms with E-state index in [2.05, 4.69) is 15.0 Å². The molecule has 0 bridgehead atoms. The number of nitrogens with zero attached hydrogens (tertiary/aromatic N) is 1. The molecule has 19 heavy (non-hydrogen) atoms. The van der Waals surface area contributed by atoms with Crippen molar-refractivity contribution in [2.45, 2.75) is 31.9 Å². The number of rotatable bonds is 5. The molecular weight excluding hydrogens is 246 g/mol. The Balaban J connectivity index is 2.00. The van der Waals surface area contributed by atoms with Crippen molar-refractivity contribution in [1.82, 2.24) is 4.98 Å². The summed E-state index contributed by atoms with van der Waals surface area (Å²) in [5.41, 5.74) is 6.59. The Bertz CT molecular complexity index is 458. The molecule has 1 aromatic heterocycles. The van der Waals surface area contributed by atoms with Crippen LogP contribution in [0.25, 0.3) is 0 Å². The van der Waals surface area contributed by atoms with Gasteiger partial charge in [-0.15, -0.1) is 0 Å². The van der Waals surface area contributed by atoms with Crippen molar-refractivity contribution in [3.8, 4) is 0 Å². The third-order valence-corrected chi connectivity index (χ3v) is 3.23. The number of nitrogens with two attached hydrogens (primary N) is 1. The summed E-state index contributed by atoms with van der Waals surface area (Å²) in [5.74, 6) is 0.0756. The number of ether oxygens (including phenoxy) is 2. The number of carbonyl (C=O) groups excluding carboxylic acids is 1. The number of hydrogen-bond donors (Lipinski definition) is 2. The standard InChI is InChI=1S/C13H19N3O3/c1-3-19-9-6-8(7-9)16-12-11(14)10(4-5-15-12)13(17)18-2/h4-5,8-9H,3,6-7,14H2,1-2H3,(H,15,16). The van der Waals surface area contributed by atoms with Gasteiger partial charge in [0.1, 0.15) is 5.82 Å². The van der Waals surface area contributed by atoms with Crippen molar-refractivity contribution in [2.24, 2.45) is 0 Å². The monoisotopic (exact) mass is 265 g/mol. The number of hydrogen-bond acceptors (Lipinski definition) is 6. The lowest BCUT2D eigenvalue weighted by Gasteiger charge is -2.35. The molecule has 1 aliphatic rings. The molecule has 1 heterocycles.